The summed E-state index contributed by atoms with van der Waals surface area (Å²) in [4.78, 5) is 61.3. The van der Waals surface area contributed by atoms with Crippen molar-refractivity contribution in [2.75, 3.05) is 11.9 Å². The van der Waals surface area contributed by atoms with Gasteiger partial charge in [-0.15, -0.1) is 0 Å². The molecule has 0 unspecified atom stereocenters. The summed E-state index contributed by atoms with van der Waals surface area (Å²) in [7, 11) is 0. The minimum Gasteiger partial charge on any atom is -0.471 e. The monoisotopic (exact) mass is 569 g/mol. The normalized spacial score (nSPS) is 20.0. The molecule has 1 saturated heterocycles. The van der Waals surface area contributed by atoms with Gasteiger partial charge in [-0.25, -0.2) is 4.98 Å². The third kappa shape index (κ3) is 7.14. The molecule has 0 bridgehead atoms. The number of amides is 1. The summed E-state index contributed by atoms with van der Waals surface area (Å²) >= 11 is 0. The van der Waals surface area contributed by atoms with Crippen molar-refractivity contribution >= 4 is 40.9 Å². The quantitative estimate of drug-likeness (QED) is 0.280. The number of fused-ring (bicyclic) bond motifs is 1. The summed E-state index contributed by atoms with van der Waals surface area (Å²) in [6, 6.07) is 9.39. The number of nitrogens with zero attached hydrogens (tertiary/aromatic N) is 4. The number of nitrogens with one attached hydrogen (secondary N) is 1. The minimum atomic E-state index is -1.16. The molecule has 14 heteroatoms. The molecule has 3 aromatic rings. The zero-order valence-electron chi connectivity index (χ0n) is 23.2. The average molecular weight is 570 g/mol. The fourth-order valence-electron chi connectivity index (χ4n) is 4.13. The van der Waals surface area contributed by atoms with E-state index in [4.69, 9.17) is 23.7 Å². The molecule has 2 aromatic heterocycles. The highest BCUT2D eigenvalue weighted by atomic mass is 16.7. The van der Waals surface area contributed by atoms with Crippen LogP contribution in [0.1, 0.15) is 46.4 Å². The summed E-state index contributed by atoms with van der Waals surface area (Å²) in [6.07, 6.45) is -2.99. The van der Waals surface area contributed by atoms with Crippen LogP contribution in [0.15, 0.2) is 36.7 Å². The van der Waals surface area contributed by atoms with Crippen molar-refractivity contribution in [1.82, 2.24) is 19.5 Å². The van der Waals surface area contributed by atoms with E-state index in [0.717, 1.165) is 5.56 Å². The zero-order valence-corrected chi connectivity index (χ0v) is 23.2. The second kappa shape index (κ2) is 12.7. The van der Waals surface area contributed by atoms with Crippen molar-refractivity contribution < 1.29 is 42.9 Å². The summed E-state index contributed by atoms with van der Waals surface area (Å²) in [6.45, 7) is 6.95. The van der Waals surface area contributed by atoms with Gasteiger partial charge in [0.05, 0.1) is 6.33 Å². The molecule has 218 valence electrons. The minimum absolute atomic E-state index is 0.0453. The average Bonchev–Trinajstić information content (AvgIpc) is 3.47. The van der Waals surface area contributed by atoms with Crippen LogP contribution < -0.4 is 10.1 Å². The van der Waals surface area contributed by atoms with Gasteiger partial charge in [-0.05, 0) is 5.56 Å². The maximum Gasteiger partial charge on any atom is 0.303 e. The highest BCUT2D eigenvalue weighted by Crippen LogP contribution is 2.37. The SMILES string of the molecule is CC(=O)OC[C@H]1O[C@@H](n2cnc3c(OCc4ccccc4)nc(NC(=O)C(C)C)nc32)[C@H](OC(C)=O)[C@@H]1OC(C)=O. The molecule has 14 nitrogen and oxygen atoms in total. The van der Waals surface area contributed by atoms with Crippen molar-refractivity contribution in [3.05, 3.63) is 42.2 Å². The van der Waals surface area contributed by atoms with Gasteiger partial charge in [0.25, 0.3) is 0 Å². The van der Waals surface area contributed by atoms with E-state index in [0.29, 0.717) is 0 Å². The molecular weight excluding hydrogens is 538 g/mol. The molecule has 41 heavy (non-hydrogen) atoms. The first kappa shape index (κ1) is 29.4. The number of benzene rings is 1. The van der Waals surface area contributed by atoms with Gasteiger partial charge in [0.15, 0.2) is 29.6 Å². The Hall–Kier alpha value is -4.59. The number of aromatic nitrogens is 4. The molecule has 0 aliphatic carbocycles. The highest BCUT2D eigenvalue weighted by Gasteiger charge is 2.51. The molecule has 4 atom stereocenters. The Balaban J connectivity index is 1.77. The molecule has 1 N–H and O–H groups in total. The Morgan fingerprint density at radius 1 is 0.976 bits per heavy atom. The van der Waals surface area contributed by atoms with Crippen LogP contribution in [0.4, 0.5) is 5.95 Å². The molecule has 0 saturated carbocycles. The van der Waals surface area contributed by atoms with Crippen LogP contribution in [0, 0.1) is 5.92 Å². The van der Waals surface area contributed by atoms with Crippen molar-refractivity contribution in [2.24, 2.45) is 5.92 Å². The lowest BCUT2D eigenvalue weighted by Crippen LogP contribution is -2.40. The standard InChI is InChI=1S/C27H31N5O9/c1-14(2)24(36)30-27-29-23-20(25(31-27)38-11-18-9-7-6-8-10-18)28-13-32(23)26-22(40-17(5)35)21(39-16(4)34)19(41-26)12-37-15(3)33/h6-10,13-14,19,21-22,26H,11-12H2,1-5H3,(H,29,30,31,36)/t19-,21-,22-,26-/m1/s1. The maximum atomic E-state index is 12.5. The van der Waals surface area contributed by atoms with E-state index in [2.05, 4.69) is 20.3 Å². The van der Waals surface area contributed by atoms with Gasteiger partial charge in [0, 0.05) is 26.7 Å². The van der Waals surface area contributed by atoms with E-state index < -0.39 is 42.4 Å². The van der Waals surface area contributed by atoms with Gasteiger partial charge < -0.3 is 23.7 Å². The Labute approximate surface area is 235 Å². The highest BCUT2D eigenvalue weighted by molar-refractivity contribution is 5.91. The molecule has 1 aliphatic heterocycles. The van der Waals surface area contributed by atoms with E-state index >= 15 is 0 Å². The van der Waals surface area contributed by atoms with Gasteiger partial charge in [0.1, 0.15) is 19.3 Å². The van der Waals surface area contributed by atoms with E-state index in [1.165, 1.54) is 31.7 Å². The second-order valence-electron chi connectivity index (χ2n) is 9.61. The lowest BCUT2D eigenvalue weighted by Gasteiger charge is -2.23. The lowest BCUT2D eigenvalue weighted by molar-refractivity contribution is -0.166. The summed E-state index contributed by atoms with van der Waals surface area (Å²) < 4.78 is 29.6. The Kier molecular flexibility index (Phi) is 9.12. The lowest BCUT2D eigenvalue weighted by atomic mass is 10.1. The molecule has 0 spiro atoms. The molecule has 1 aromatic carbocycles. The first-order chi connectivity index (χ1) is 19.5. The number of carbonyl (C=O) groups is 4. The molecule has 1 aliphatic rings. The van der Waals surface area contributed by atoms with Crippen LogP contribution in [-0.2, 0) is 44.7 Å². The van der Waals surface area contributed by atoms with Crippen LogP contribution >= 0.6 is 0 Å². The van der Waals surface area contributed by atoms with Gasteiger partial charge in [-0.2, -0.15) is 9.97 Å². The number of carbonyl (C=O) groups excluding carboxylic acids is 4. The molecule has 1 amide bonds. The van der Waals surface area contributed by atoms with Crippen LogP contribution in [0.25, 0.3) is 11.2 Å². The van der Waals surface area contributed by atoms with E-state index in [-0.39, 0.29) is 48.0 Å². The Morgan fingerprint density at radius 2 is 1.66 bits per heavy atom. The largest absolute Gasteiger partial charge is 0.471 e. The van der Waals surface area contributed by atoms with Gasteiger partial charge >= 0.3 is 17.9 Å². The molecule has 1 fully saturated rings. The number of esters is 3. The van der Waals surface area contributed by atoms with Crippen molar-refractivity contribution in [3.63, 3.8) is 0 Å². The maximum absolute atomic E-state index is 12.5. The van der Waals surface area contributed by atoms with Crippen molar-refractivity contribution in [1.29, 1.82) is 0 Å². The fraction of sp³-hybridized carbons (Fsp3) is 0.444. The summed E-state index contributed by atoms with van der Waals surface area (Å²) in [5.41, 5.74) is 1.29. The first-order valence-corrected chi connectivity index (χ1v) is 12.9. The number of imidazole rings is 1. The topological polar surface area (TPSA) is 170 Å². The van der Waals surface area contributed by atoms with Gasteiger partial charge in [-0.1, -0.05) is 44.2 Å². The van der Waals surface area contributed by atoms with Gasteiger partial charge in [-0.3, -0.25) is 29.1 Å². The predicted molar refractivity (Wildman–Crippen MR) is 141 cm³/mol. The van der Waals surface area contributed by atoms with E-state index in [1.54, 1.807) is 13.8 Å². The van der Waals surface area contributed by atoms with Crippen LogP contribution in [0.5, 0.6) is 5.88 Å². The zero-order chi connectivity index (χ0) is 29.7. The Bertz CT molecular complexity index is 1430. The van der Waals surface area contributed by atoms with Crippen LogP contribution in [0.3, 0.4) is 0 Å². The predicted octanol–water partition coefficient (Wildman–Crippen LogP) is 2.32. The van der Waals surface area contributed by atoms with Crippen LogP contribution in [-0.4, -0.2) is 68.3 Å². The molecular formula is C27H31N5O9. The van der Waals surface area contributed by atoms with Crippen molar-refractivity contribution in [3.8, 4) is 5.88 Å². The molecule has 4 rings (SSSR count). The fourth-order valence-corrected chi connectivity index (χ4v) is 4.13. The number of rotatable bonds is 10. The van der Waals surface area contributed by atoms with Gasteiger partial charge in [0.2, 0.25) is 17.7 Å². The molecule has 3 heterocycles. The Morgan fingerprint density at radius 3 is 2.29 bits per heavy atom. The number of anilines is 1. The number of hydrogen-bond donors (Lipinski definition) is 1. The molecule has 0 radical (unpaired) electrons. The first-order valence-electron chi connectivity index (χ1n) is 12.9. The second-order valence-corrected chi connectivity index (χ2v) is 9.61. The van der Waals surface area contributed by atoms with Crippen LogP contribution in [0.2, 0.25) is 0 Å². The third-order valence-electron chi connectivity index (χ3n) is 5.98. The summed E-state index contributed by atoms with van der Waals surface area (Å²) in [5, 5.41) is 2.66. The van der Waals surface area contributed by atoms with E-state index in [1.807, 2.05) is 30.3 Å². The van der Waals surface area contributed by atoms with Crippen molar-refractivity contribution in [2.45, 2.75) is 65.8 Å². The third-order valence-corrected chi connectivity index (χ3v) is 5.98. The smallest absolute Gasteiger partial charge is 0.303 e. The van der Waals surface area contributed by atoms with E-state index in [9.17, 15) is 19.2 Å². The number of ether oxygens (including phenoxy) is 5. The number of hydrogen-bond acceptors (Lipinski definition) is 12. The summed E-state index contributed by atoms with van der Waals surface area (Å²) in [5.74, 6) is -2.53.